The van der Waals surface area contributed by atoms with Crippen LogP contribution in [0.15, 0.2) is 24.3 Å². The summed E-state index contributed by atoms with van der Waals surface area (Å²) < 4.78 is 5.62. The van der Waals surface area contributed by atoms with Crippen LogP contribution in [0, 0.1) is 0 Å². The summed E-state index contributed by atoms with van der Waals surface area (Å²) >= 11 is 0. The maximum atomic E-state index is 12.3. The first-order chi connectivity index (χ1) is 11.1. The van der Waals surface area contributed by atoms with Gasteiger partial charge in [-0.3, -0.25) is 14.5 Å². The third-order valence-corrected chi connectivity index (χ3v) is 4.48. The molecule has 2 aliphatic rings. The molecule has 2 heterocycles. The van der Waals surface area contributed by atoms with E-state index in [2.05, 4.69) is 10.2 Å². The van der Waals surface area contributed by atoms with Crippen LogP contribution in [0.4, 0.5) is 0 Å². The van der Waals surface area contributed by atoms with E-state index in [0.29, 0.717) is 26.2 Å². The summed E-state index contributed by atoms with van der Waals surface area (Å²) in [5, 5.41) is 3.12. The van der Waals surface area contributed by atoms with Crippen molar-refractivity contribution >= 4 is 11.8 Å². The molecule has 0 aromatic heterocycles. The van der Waals surface area contributed by atoms with E-state index in [-0.39, 0.29) is 17.9 Å². The average molecular weight is 317 g/mol. The van der Waals surface area contributed by atoms with Gasteiger partial charge in [-0.15, -0.1) is 0 Å². The lowest BCUT2D eigenvalue weighted by atomic mass is 10.0. The summed E-state index contributed by atoms with van der Waals surface area (Å²) in [6.45, 7) is 5.48. The van der Waals surface area contributed by atoms with E-state index in [1.165, 1.54) is 0 Å². The first kappa shape index (κ1) is 15.8. The van der Waals surface area contributed by atoms with Crippen LogP contribution in [0.2, 0.25) is 0 Å². The summed E-state index contributed by atoms with van der Waals surface area (Å²) in [7, 11) is 0. The second-order valence-corrected chi connectivity index (χ2v) is 6.08. The second kappa shape index (κ2) is 7.00. The molecule has 1 N–H and O–H groups in total. The number of nitrogens with zero attached hydrogens (tertiary/aromatic N) is 2. The number of fused-ring (bicyclic) bond motifs is 1. The van der Waals surface area contributed by atoms with Gasteiger partial charge in [-0.25, -0.2) is 0 Å². The quantitative estimate of drug-likeness (QED) is 0.895. The third-order valence-electron chi connectivity index (χ3n) is 4.48. The topological polar surface area (TPSA) is 61.9 Å². The van der Waals surface area contributed by atoms with Gasteiger partial charge in [-0.05, 0) is 6.07 Å². The van der Waals surface area contributed by atoms with Crippen molar-refractivity contribution in [2.24, 2.45) is 0 Å². The predicted molar refractivity (Wildman–Crippen MR) is 86.1 cm³/mol. The van der Waals surface area contributed by atoms with Crippen LogP contribution in [0.3, 0.4) is 0 Å². The fraction of sp³-hybridized carbons (Fsp3) is 0.529. The lowest BCUT2D eigenvalue weighted by molar-refractivity contribution is -0.131. The van der Waals surface area contributed by atoms with Gasteiger partial charge < -0.3 is 15.0 Å². The number of amides is 2. The molecular formula is C17H23N3O3. The van der Waals surface area contributed by atoms with Gasteiger partial charge in [0.05, 0.1) is 19.2 Å². The molecule has 0 bridgehead atoms. The number of carbonyl (C=O) groups is 2. The minimum Gasteiger partial charge on any atom is -0.493 e. The SMILES string of the molecule is CC(=O)N1CCN(CC(=O)NC2CCOc3ccccc32)CC1. The Kier molecular flexibility index (Phi) is 4.81. The molecule has 2 aliphatic heterocycles. The molecule has 2 amide bonds. The van der Waals surface area contributed by atoms with Crippen molar-refractivity contribution in [3.63, 3.8) is 0 Å². The summed E-state index contributed by atoms with van der Waals surface area (Å²) in [6, 6.07) is 7.87. The van der Waals surface area contributed by atoms with E-state index in [9.17, 15) is 9.59 Å². The molecule has 1 atom stereocenters. The van der Waals surface area contributed by atoms with Crippen molar-refractivity contribution in [1.29, 1.82) is 0 Å². The first-order valence-corrected chi connectivity index (χ1v) is 8.12. The van der Waals surface area contributed by atoms with Gasteiger partial charge in [0.15, 0.2) is 0 Å². The van der Waals surface area contributed by atoms with Crippen molar-refractivity contribution in [1.82, 2.24) is 15.1 Å². The van der Waals surface area contributed by atoms with E-state index in [1.807, 2.05) is 29.2 Å². The molecule has 0 saturated carbocycles. The zero-order valence-corrected chi connectivity index (χ0v) is 13.5. The monoisotopic (exact) mass is 317 g/mol. The molecule has 6 nitrogen and oxygen atoms in total. The lowest BCUT2D eigenvalue weighted by Crippen LogP contribution is -2.51. The Morgan fingerprint density at radius 1 is 1.22 bits per heavy atom. The summed E-state index contributed by atoms with van der Waals surface area (Å²) in [6.07, 6.45) is 0.793. The van der Waals surface area contributed by atoms with E-state index in [1.54, 1.807) is 6.92 Å². The van der Waals surface area contributed by atoms with Gasteiger partial charge >= 0.3 is 0 Å². The number of rotatable bonds is 3. The highest BCUT2D eigenvalue weighted by atomic mass is 16.5. The van der Waals surface area contributed by atoms with Crippen LogP contribution in [0.25, 0.3) is 0 Å². The Hall–Kier alpha value is -2.08. The van der Waals surface area contributed by atoms with Crippen LogP contribution in [0.5, 0.6) is 5.75 Å². The Bertz CT molecular complexity index is 582. The van der Waals surface area contributed by atoms with Crippen LogP contribution in [-0.2, 0) is 9.59 Å². The number of ether oxygens (including phenoxy) is 1. The highest BCUT2D eigenvalue weighted by molar-refractivity contribution is 5.79. The molecule has 0 aliphatic carbocycles. The normalized spacial score (nSPS) is 21.3. The van der Waals surface area contributed by atoms with Crippen molar-refractivity contribution < 1.29 is 14.3 Å². The molecule has 6 heteroatoms. The molecule has 1 unspecified atom stereocenters. The molecule has 1 aromatic rings. The maximum absolute atomic E-state index is 12.3. The molecule has 1 fully saturated rings. The number of hydrogen-bond donors (Lipinski definition) is 1. The number of hydrogen-bond acceptors (Lipinski definition) is 4. The van der Waals surface area contributed by atoms with Crippen molar-refractivity contribution in [3.8, 4) is 5.75 Å². The number of para-hydroxylation sites is 1. The Balaban J connectivity index is 1.52. The van der Waals surface area contributed by atoms with Crippen LogP contribution >= 0.6 is 0 Å². The fourth-order valence-corrected chi connectivity index (χ4v) is 3.16. The largest absolute Gasteiger partial charge is 0.493 e. The number of benzene rings is 1. The first-order valence-electron chi connectivity index (χ1n) is 8.12. The molecular weight excluding hydrogens is 294 g/mol. The Morgan fingerprint density at radius 3 is 2.70 bits per heavy atom. The lowest BCUT2D eigenvalue weighted by Gasteiger charge is -2.34. The van der Waals surface area contributed by atoms with E-state index < -0.39 is 0 Å². The minimum absolute atomic E-state index is 0.0194. The van der Waals surface area contributed by atoms with Crippen molar-refractivity contribution in [2.45, 2.75) is 19.4 Å². The highest BCUT2D eigenvalue weighted by Crippen LogP contribution is 2.31. The van der Waals surface area contributed by atoms with Crippen LogP contribution in [-0.4, -0.2) is 60.9 Å². The molecule has 0 radical (unpaired) electrons. The van der Waals surface area contributed by atoms with Crippen LogP contribution in [0.1, 0.15) is 24.9 Å². The average Bonchev–Trinajstić information content (AvgIpc) is 2.55. The molecule has 1 saturated heterocycles. The highest BCUT2D eigenvalue weighted by Gasteiger charge is 2.25. The number of carbonyl (C=O) groups excluding carboxylic acids is 2. The molecule has 23 heavy (non-hydrogen) atoms. The van der Waals surface area contributed by atoms with Gasteiger partial charge in [0.2, 0.25) is 11.8 Å². The predicted octanol–water partition coefficient (Wildman–Crippen LogP) is 0.790. The van der Waals surface area contributed by atoms with Crippen molar-refractivity contribution in [3.05, 3.63) is 29.8 Å². The van der Waals surface area contributed by atoms with Gasteiger partial charge in [0.25, 0.3) is 0 Å². The fourth-order valence-electron chi connectivity index (χ4n) is 3.16. The standard InChI is InChI=1S/C17H23N3O3/c1-13(21)20-9-7-19(8-10-20)12-17(22)18-15-6-11-23-16-5-3-2-4-14(15)16/h2-5,15H,6-12H2,1H3,(H,18,22). The zero-order valence-electron chi connectivity index (χ0n) is 13.5. The maximum Gasteiger partial charge on any atom is 0.234 e. The molecule has 3 rings (SSSR count). The van der Waals surface area contributed by atoms with Crippen LogP contribution < -0.4 is 10.1 Å². The van der Waals surface area contributed by atoms with E-state index >= 15 is 0 Å². The van der Waals surface area contributed by atoms with Crippen molar-refractivity contribution in [2.75, 3.05) is 39.3 Å². The van der Waals surface area contributed by atoms with Gasteiger partial charge in [-0.1, -0.05) is 18.2 Å². The molecule has 1 aromatic carbocycles. The van der Waals surface area contributed by atoms with Gasteiger partial charge in [0.1, 0.15) is 5.75 Å². The summed E-state index contributed by atoms with van der Waals surface area (Å²) in [5.41, 5.74) is 1.05. The van der Waals surface area contributed by atoms with E-state index in [0.717, 1.165) is 30.8 Å². The zero-order chi connectivity index (χ0) is 16.2. The Morgan fingerprint density at radius 2 is 1.96 bits per heavy atom. The third kappa shape index (κ3) is 3.82. The molecule has 0 spiro atoms. The summed E-state index contributed by atoms with van der Waals surface area (Å²) in [5.74, 6) is 0.995. The van der Waals surface area contributed by atoms with E-state index in [4.69, 9.17) is 4.74 Å². The second-order valence-electron chi connectivity index (χ2n) is 6.08. The van der Waals surface area contributed by atoms with Gasteiger partial charge in [0, 0.05) is 45.1 Å². The minimum atomic E-state index is 0.0194. The number of piperazine rings is 1. The number of nitrogens with one attached hydrogen (secondary N) is 1. The molecule has 124 valence electrons. The smallest absolute Gasteiger partial charge is 0.234 e. The Labute approximate surface area is 136 Å². The summed E-state index contributed by atoms with van der Waals surface area (Å²) in [4.78, 5) is 27.6. The van der Waals surface area contributed by atoms with Gasteiger partial charge in [-0.2, -0.15) is 0 Å².